The van der Waals surface area contributed by atoms with Crippen molar-refractivity contribution in [2.75, 3.05) is 0 Å². The molecule has 1 N–H and O–H groups in total. The smallest absolute Gasteiger partial charge is 0.255 e. The summed E-state index contributed by atoms with van der Waals surface area (Å²) in [5.41, 5.74) is 5.97. The number of nitrogens with one attached hydrogen (secondary N) is 1. The number of aromatic nitrogens is 5. The van der Waals surface area contributed by atoms with E-state index in [1.54, 1.807) is 23.5 Å². The summed E-state index contributed by atoms with van der Waals surface area (Å²) >= 11 is 0. The van der Waals surface area contributed by atoms with Gasteiger partial charge in [0.2, 0.25) is 11.8 Å². The molecule has 36 heavy (non-hydrogen) atoms. The highest BCUT2D eigenvalue weighted by Crippen LogP contribution is 2.35. The van der Waals surface area contributed by atoms with Gasteiger partial charge in [-0.1, -0.05) is 12.1 Å². The molecule has 3 aromatic heterocycles. The van der Waals surface area contributed by atoms with Crippen molar-refractivity contribution in [3.63, 3.8) is 0 Å². The minimum atomic E-state index is -0.637. The van der Waals surface area contributed by atoms with Crippen LogP contribution in [0.3, 0.4) is 0 Å². The number of aryl methyl sites for hydroxylation is 1. The van der Waals surface area contributed by atoms with E-state index >= 15 is 0 Å². The summed E-state index contributed by atoms with van der Waals surface area (Å²) in [6, 6.07) is 8.92. The van der Waals surface area contributed by atoms with Gasteiger partial charge in [0.1, 0.15) is 6.04 Å². The van der Waals surface area contributed by atoms with E-state index in [4.69, 9.17) is 0 Å². The number of nitrogens with zero attached hydrogens (tertiary/aromatic N) is 6. The molecule has 3 amide bonds. The van der Waals surface area contributed by atoms with Crippen LogP contribution in [0.5, 0.6) is 0 Å². The van der Waals surface area contributed by atoms with E-state index in [1.807, 2.05) is 59.2 Å². The molecule has 2 aliphatic heterocycles. The van der Waals surface area contributed by atoms with Gasteiger partial charge in [-0.3, -0.25) is 29.4 Å². The third kappa shape index (κ3) is 3.76. The van der Waals surface area contributed by atoms with Crippen molar-refractivity contribution < 1.29 is 14.4 Å². The van der Waals surface area contributed by atoms with Crippen molar-refractivity contribution in [1.82, 2.24) is 34.5 Å². The molecule has 1 fully saturated rings. The molecular formula is C26H23N7O3. The molecule has 6 rings (SSSR count). The summed E-state index contributed by atoms with van der Waals surface area (Å²) in [4.78, 5) is 47.3. The van der Waals surface area contributed by atoms with Crippen LogP contribution in [0.4, 0.5) is 0 Å². The lowest BCUT2D eigenvalue weighted by Crippen LogP contribution is -2.52. The number of imidazole rings is 1. The molecule has 0 bridgehead atoms. The lowest BCUT2D eigenvalue weighted by atomic mass is 10.0. The van der Waals surface area contributed by atoms with Gasteiger partial charge < -0.3 is 9.47 Å². The van der Waals surface area contributed by atoms with Crippen LogP contribution in [0.15, 0.2) is 61.4 Å². The Morgan fingerprint density at radius 2 is 2.00 bits per heavy atom. The normalized spacial score (nSPS) is 17.4. The van der Waals surface area contributed by atoms with Gasteiger partial charge in [0, 0.05) is 55.3 Å². The molecule has 10 heteroatoms. The van der Waals surface area contributed by atoms with Crippen molar-refractivity contribution in [3.05, 3.63) is 78.1 Å². The molecule has 180 valence electrons. The Morgan fingerprint density at radius 1 is 1.11 bits per heavy atom. The highest BCUT2D eigenvalue weighted by atomic mass is 16.2. The second kappa shape index (κ2) is 8.56. The van der Waals surface area contributed by atoms with Crippen molar-refractivity contribution >= 4 is 17.7 Å². The third-order valence-corrected chi connectivity index (χ3v) is 6.71. The largest absolute Gasteiger partial charge is 0.333 e. The number of amides is 3. The Morgan fingerprint density at radius 3 is 2.81 bits per heavy atom. The molecule has 4 aromatic rings. The van der Waals surface area contributed by atoms with Gasteiger partial charge in [0.15, 0.2) is 0 Å². The van der Waals surface area contributed by atoms with Gasteiger partial charge in [-0.05, 0) is 35.7 Å². The van der Waals surface area contributed by atoms with Crippen molar-refractivity contribution in [1.29, 1.82) is 0 Å². The fraction of sp³-hybridized carbons (Fsp3) is 0.231. The van der Waals surface area contributed by atoms with E-state index in [2.05, 4.69) is 20.4 Å². The minimum Gasteiger partial charge on any atom is -0.333 e. The summed E-state index contributed by atoms with van der Waals surface area (Å²) in [7, 11) is 1.94. The van der Waals surface area contributed by atoms with E-state index in [9.17, 15) is 14.4 Å². The van der Waals surface area contributed by atoms with Crippen molar-refractivity contribution in [2.24, 2.45) is 7.05 Å². The monoisotopic (exact) mass is 481 g/mol. The number of imide groups is 1. The Bertz CT molecular complexity index is 1500. The predicted octanol–water partition coefficient (Wildman–Crippen LogP) is 2.15. The van der Waals surface area contributed by atoms with Gasteiger partial charge in [-0.15, -0.1) is 0 Å². The zero-order valence-electron chi connectivity index (χ0n) is 19.6. The first kappa shape index (κ1) is 21.9. The Kier molecular flexibility index (Phi) is 5.21. The molecule has 0 spiro atoms. The number of pyridine rings is 1. The van der Waals surface area contributed by atoms with E-state index in [1.165, 1.54) is 0 Å². The van der Waals surface area contributed by atoms with Crippen LogP contribution in [-0.2, 0) is 29.7 Å². The first-order chi connectivity index (χ1) is 17.5. The lowest BCUT2D eigenvalue weighted by molar-refractivity contribution is -0.136. The predicted molar refractivity (Wildman–Crippen MR) is 129 cm³/mol. The molecular weight excluding hydrogens is 458 g/mol. The second-order valence-electron chi connectivity index (χ2n) is 9.11. The first-order valence-corrected chi connectivity index (χ1v) is 11.7. The molecule has 2 aliphatic rings. The Balaban J connectivity index is 1.28. The van der Waals surface area contributed by atoms with Crippen LogP contribution in [0.1, 0.15) is 34.3 Å². The zero-order chi connectivity index (χ0) is 24.8. The first-order valence-electron chi connectivity index (χ1n) is 11.7. The number of benzene rings is 1. The molecule has 0 unspecified atom stereocenters. The van der Waals surface area contributed by atoms with Gasteiger partial charge >= 0.3 is 0 Å². The van der Waals surface area contributed by atoms with Crippen LogP contribution in [0, 0.1) is 0 Å². The van der Waals surface area contributed by atoms with Gasteiger partial charge in [-0.25, -0.2) is 4.98 Å². The summed E-state index contributed by atoms with van der Waals surface area (Å²) < 4.78 is 3.82. The maximum atomic E-state index is 13.0. The number of piperidine rings is 1. The van der Waals surface area contributed by atoms with E-state index < -0.39 is 11.9 Å². The maximum Gasteiger partial charge on any atom is 0.255 e. The fourth-order valence-corrected chi connectivity index (χ4v) is 4.95. The van der Waals surface area contributed by atoms with E-state index in [0.29, 0.717) is 25.1 Å². The molecule has 1 saturated heterocycles. The molecule has 0 radical (unpaired) electrons. The third-order valence-electron chi connectivity index (χ3n) is 6.71. The summed E-state index contributed by atoms with van der Waals surface area (Å²) in [5.74, 6) is -0.902. The Hall–Kier alpha value is -4.60. The number of hydrogen-bond donors (Lipinski definition) is 1. The second-order valence-corrected chi connectivity index (χ2v) is 9.11. The number of carbonyl (C=O) groups is 3. The minimum absolute atomic E-state index is 0.191. The van der Waals surface area contributed by atoms with Crippen LogP contribution in [0.25, 0.3) is 22.5 Å². The zero-order valence-corrected chi connectivity index (χ0v) is 19.6. The molecule has 1 atom stereocenters. The average Bonchev–Trinajstić information content (AvgIpc) is 3.57. The summed E-state index contributed by atoms with van der Waals surface area (Å²) in [6.45, 7) is 0.928. The molecule has 0 aliphatic carbocycles. The number of rotatable bonds is 5. The number of fused-ring (bicyclic) bond motifs is 1. The summed E-state index contributed by atoms with van der Waals surface area (Å²) in [6.07, 6.45) is 9.69. The van der Waals surface area contributed by atoms with Crippen LogP contribution in [0.2, 0.25) is 0 Å². The topological polar surface area (TPSA) is 115 Å². The molecule has 5 heterocycles. The quantitative estimate of drug-likeness (QED) is 0.437. The van der Waals surface area contributed by atoms with Gasteiger partial charge in [-0.2, -0.15) is 5.10 Å². The van der Waals surface area contributed by atoms with Gasteiger partial charge in [0.05, 0.1) is 30.5 Å². The highest BCUT2D eigenvalue weighted by molar-refractivity contribution is 6.05. The number of carbonyl (C=O) groups excluding carboxylic acids is 3. The van der Waals surface area contributed by atoms with Crippen LogP contribution in [-0.4, -0.2) is 53.0 Å². The van der Waals surface area contributed by atoms with Crippen LogP contribution < -0.4 is 5.32 Å². The van der Waals surface area contributed by atoms with Crippen LogP contribution >= 0.6 is 0 Å². The van der Waals surface area contributed by atoms with Crippen molar-refractivity contribution in [3.8, 4) is 22.5 Å². The lowest BCUT2D eigenvalue weighted by Gasteiger charge is -2.29. The summed E-state index contributed by atoms with van der Waals surface area (Å²) in [5, 5.41) is 6.86. The molecule has 1 aromatic carbocycles. The highest BCUT2D eigenvalue weighted by Gasteiger charge is 2.39. The molecule has 0 saturated carbocycles. The fourth-order valence-electron chi connectivity index (χ4n) is 4.95. The maximum absolute atomic E-state index is 13.0. The van der Waals surface area contributed by atoms with E-state index in [-0.39, 0.29) is 18.2 Å². The van der Waals surface area contributed by atoms with Gasteiger partial charge in [0.25, 0.3) is 5.91 Å². The standard InChI is InChI=1S/C26H23N7O3/c1-31-15-28-23(24(31)19-11-29-32(13-19)12-16-3-2-8-27-10-16)17-4-5-20-18(9-17)14-33(26(20)36)21-6-7-22(34)30-25(21)35/h2-5,8-11,13,15,21H,6-7,12,14H2,1H3,(H,30,34,35)/t21-/m0/s1. The number of hydrogen-bond acceptors (Lipinski definition) is 6. The average molecular weight is 482 g/mol. The molecule has 10 nitrogen and oxygen atoms in total. The van der Waals surface area contributed by atoms with E-state index in [0.717, 1.165) is 33.6 Å². The van der Waals surface area contributed by atoms with Crippen molar-refractivity contribution in [2.45, 2.75) is 32.0 Å². The SMILES string of the molecule is Cn1cnc(-c2ccc3c(c2)CN([C@H]2CCC(=O)NC2=O)C3=O)c1-c1cnn(Cc2cccnc2)c1. The Labute approximate surface area is 206 Å².